The number of benzene rings is 1. The van der Waals surface area contributed by atoms with Gasteiger partial charge >= 0.3 is 6.18 Å². The van der Waals surface area contributed by atoms with Crippen molar-refractivity contribution < 1.29 is 27.8 Å². The quantitative estimate of drug-likeness (QED) is 0.451. The Kier molecular flexibility index (Phi) is 9.28. The van der Waals surface area contributed by atoms with Crippen LogP contribution >= 0.6 is 0 Å². The van der Waals surface area contributed by atoms with Gasteiger partial charge in [-0.05, 0) is 55.8 Å². The summed E-state index contributed by atoms with van der Waals surface area (Å²) < 4.78 is 44.0. The molecular formula is C26H32F3N3O3. The first-order valence-electron chi connectivity index (χ1n) is 11.7. The number of alkyl halides is 3. The second-order valence-electron chi connectivity index (χ2n) is 8.85. The Morgan fingerprint density at radius 1 is 1.23 bits per heavy atom. The fourth-order valence-electron chi connectivity index (χ4n) is 4.24. The van der Waals surface area contributed by atoms with Crippen molar-refractivity contribution in [2.75, 3.05) is 14.2 Å². The Labute approximate surface area is 203 Å². The van der Waals surface area contributed by atoms with Gasteiger partial charge in [0, 0.05) is 24.7 Å². The number of ether oxygens (including phenoxy) is 1. The van der Waals surface area contributed by atoms with Crippen LogP contribution in [0.2, 0.25) is 0 Å². The van der Waals surface area contributed by atoms with E-state index in [4.69, 9.17) is 4.74 Å². The molecule has 1 unspecified atom stereocenters. The molecule has 9 heteroatoms. The summed E-state index contributed by atoms with van der Waals surface area (Å²) in [6.45, 7) is 0.308. The Morgan fingerprint density at radius 2 is 1.94 bits per heavy atom. The van der Waals surface area contributed by atoms with Gasteiger partial charge in [0.25, 0.3) is 5.91 Å². The van der Waals surface area contributed by atoms with Gasteiger partial charge in [-0.2, -0.15) is 13.2 Å². The second-order valence-corrected chi connectivity index (χ2v) is 8.85. The van der Waals surface area contributed by atoms with Crippen molar-refractivity contribution in [3.8, 4) is 5.88 Å². The van der Waals surface area contributed by atoms with Crippen LogP contribution in [0.25, 0.3) is 6.08 Å². The van der Waals surface area contributed by atoms with Gasteiger partial charge in [0.05, 0.1) is 18.6 Å². The maximum absolute atomic E-state index is 12.9. The Balaban J connectivity index is 1.62. The molecule has 35 heavy (non-hydrogen) atoms. The van der Waals surface area contributed by atoms with Gasteiger partial charge in [0.2, 0.25) is 5.88 Å². The molecule has 1 aliphatic carbocycles. The zero-order chi connectivity index (χ0) is 25.4. The lowest BCUT2D eigenvalue weighted by Gasteiger charge is -2.28. The van der Waals surface area contributed by atoms with Crippen LogP contribution in [0.1, 0.15) is 52.7 Å². The minimum Gasteiger partial charge on any atom is -0.481 e. The van der Waals surface area contributed by atoms with Crippen molar-refractivity contribution in [1.29, 1.82) is 0 Å². The monoisotopic (exact) mass is 491 g/mol. The first-order valence-corrected chi connectivity index (χ1v) is 11.7. The van der Waals surface area contributed by atoms with Crippen LogP contribution in [-0.2, 0) is 13.0 Å². The van der Waals surface area contributed by atoms with Crippen LogP contribution in [0.4, 0.5) is 13.2 Å². The van der Waals surface area contributed by atoms with Gasteiger partial charge in [-0.25, -0.2) is 4.98 Å². The lowest BCUT2D eigenvalue weighted by atomic mass is 9.81. The van der Waals surface area contributed by atoms with Crippen molar-refractivity contribution in [3.63, 3.8) is 0 Å². The third kappa shape index (κ3) is 7.80. The Morgan fingerprint density at radius 3 is 2.60 bits per heavy atom. The van der Waals surface area contributed by atoms with E-state index >= 15 is 0 Å². The van der Waals surface area contributed by atoms with Gasteiger partial charge in [-0.3, -0.25) is 10.1 Å². The number of aliphatic hydroxyl groups excluding tert-OH is 1. The smallest absolute Gasteiger partial charge is 0.391 e. The first-order chi connectivity index (χ1) is 16.7. The van der Waals surface area contributed by atoms with Crippen molar-refractivity contribution in [1.82, 2.24) is 15.6 Å². The van der Waals surface area contributed by atoms with Gasteiger partial charge in [0.15, 0.2) is 0 Å². The minimum absolute atomic E-state index is 0.0458. The number of hydrogen-bond donors (Lipinski definition) is 3. The van der Waals surface area contributed by atoms with Crippen LogP contribution in [-0.4, -0.2) is 42.6 Å². The summed E-state index contributed by atoms with van der Waals surface area (Å²) in [4.78, 5) is 17.0. The Hall–Kier alpha value is -2.91. The number of allylic oxidation sites excluding steroid dienone is 1. The number of aromatic nitrogens is 1. The molecule has 3 N–H and O–H groups in total. The molecule has 0 spiro atoms. The van der Waals surface area contributed by atoms with E-state index in [0.29, 0.717) is 42.8 Å². The number of carbonyl (C=O) groups excluding carboxylic acids is 1. The highest BCUT2D eigenvalue weighted by atomic mass is 19.4. The second kappa shape index (κ2) is 12.2. The number of rotatable bonds is 9. The van der Waals surface area contributed by atoms with Crippen LogP contribution in [0.5, 0.6) is 5.88 Å². The van der Waals surface area contributed by atoms with E-state index < -0.39 is 18.3 Å². The zero-order valence-corrected chi connectivity index (χ0v) is 19.9. The molecule has 6 nitrogen and oxygen atoms in total. The highest BCUT2D eigenvalue weighted by Gasteiger charge is 2.40. The number of methoxy groups -OCH3 is 1. The van der Waals surface area contributed by atoms with Crippen molar-refractivity contribution in [2.45, 2.75) is 51.1 Å². The molecule has 1 amide bonds. The zero-order valence-electron chi connectivity index (χ0n) is 19.9. The highest BCUT2D eigenvalue weighted by molar-refractivity contribution is 5.94. The molecule has 1 saturated carbocycles. The number of likely N-dealkylation sites (N-methyl/N-ethyl adjacent to an activating group) is 1. The third-order valence-corrected chi connectivity index (χ3v) is 6.32. The summed E-state index contributed by atoms with van der Waals surface area (Å²) in [5.74, 6) is -1.13. The molecule has 0 saturated heterocycles. The molecule has 2 aromatic rings. The molecule has 190 valence electrons. The largest absolute Gasteiger partial charge is 0.481 e. The van der Waals surface area contributed by atoms with Gasteiger partial charge in [0.1, 0.15) is 6.23 Å². The number of halogens is 3. The standard InChI is InChI=1S/C26H32F3N3O3/c1-30-23(33)13-18-4-3-5-19(12-18)15-31-24(34)21-14-20(25(35-2)32-16-21)9-6-17-7-10-22(11-8-17)26(27,28)29/h3-6,9,12,14,16-17,22-23,30,33H,7-8,10-11,13,15H2,1-2H3,(H,31,34)/b9-6+. The normalized spacial score (nSPS) is 19.5. The van der Waals surface area contributed by atoms with Crippen molar-refractivity contribution in [3.05, 3.63) is 64.9 Å². The summed E-state index contributed by atoms with van der Waals surface area (Å²) in [6.07, 6.45) is 1.99. The number of amides is 1. The molecule has 1 aromatic carbocycles. The predicted molar refractivity (Wildman–Crippen MR) is 128 cm³/mol. The fraction of sp³-hybridized carbons (Fsp3) is 0.462. The maximum Gasteiger partial charge on any atom is 0.391 e. The van der Waals surface area contributed by atoms with Crippen LogP contribution in [0.15, 0.2) is 42.6 Å². The lowest BCUT2D eigenvalue weighted by molar-refractivity contribution is -0.183. The Bertz CT molecular complexity index is 1020. The van der Waals surface area contributed by atoms with E-state index in [1.807, 2.05) is 30.3 Å². The highest BCUT2D eigenvalue weighted by Crippen LogP contribution is 2.40. The van der Waals surface area contributed by atoms with Crippen molar-refractivity contribution >= 4 is 12.0 Å². The molecule has 1 atom stereocenters. The summed E-state index contributed by atoms with van der Waals surface area (Å²) in [7, 11) is 3.16. The number of carbonyl (C=O) groups is 1. The van der Waals surface area contributed by atoms with Gasteiger partial charge in [-0.1, -0.05) is 36.4 Å². The molecule has 0 aliphatic heterocycles. The van der Waals surface area contributed by atoms with Gasteiger partial charge < -0.3 is 15.2 Å². The summed E-state index contributed by atoms with van der Waals surface area (Å²) in [6, 6.07) is 9.27. The third-order valence-electron chi connectivity index (χ3n) is 6.32. The molecular weight excluding hydrogens is 459 g/mol. The summed E-state index contributed by atoms with van der Waals surface area (Å²) in [5, 5.41) is 15.4. The van der Waals surface area contributed by atoms with E-state index in [0.717, 1.165) is 11.1 Å². The average Bonchev–Trinajstić information content (AvgIpc) is 2.85. The number of nitrogens with zero attached hydrogens (tertiary/aromatic N) is 1. The lowest BCUT2D eigenvalue weighted by Crippen LogP contribution is -2.27. The summed E-state index contributed by atoms with van der Waals surface area (Å²) >= 11 is 0. The molecule has 0 radical (unpaired) electrons. The topological polar surface area (TPSA) is 83.5 Å². The molecule has 1 aromatic heterocycles. The van der Waals surface area contributed by atoms with E-state index in [1.165, 1.54) is 13.3 Å². The van der Waals surface area contributed by atoms with E-state index in [-0.39, 0.29) is 24.7 Å². The molecule has 1 aliphatic rings. The van der Waals surface area contributed by atoms with Gasteiger partial charge in [-0.15, -0.1) is 0 Å². The number of hydrogen-bond acceptors (Lipinski definition) is 5. The number of nitrogens with one attached hydrogen (secondary N) is 2. The predicted octanol–water partition coefficient (Wildman–Crippen LogP) is 4.48. The van der Waals surface area contributed by atoms with E-state index in [9.17, 15) is 23.1 Å². The van der Waals surface area contributed by atoms with Crippen LogP contribution in [0, 0.1) is 11.8 Å². The van der Waals surface area contributed by atoms with Crippen LogP contribution < -0.4 is 15.4 Å². The average molecular weight is 492 g/mol. The fourth-order valence-corrected chi connectivity index (χ4v) is 4.24. The summed E-state index contributed by atoms with van der Waals surface area (Å²) in [5.41, 5.74) is 2.80. The molecule has 1 fully saturated rings. The SMILES string of the molecule is CNC(O)Cc1cccc(CNC(=O)c2cnc(OC)c(/C=C/C3CCC(C(F)(F)F)CC3)c2)c1. The van der Waals surface area contributed by atoms with E-state index in [2.05, 4.69) is 15.6 Å². The maximum atomic E-state index is 12.9. The molecule has 0 bridgehead atoms. The first kappa shape index (κ1) is 26.7. The minimum atomic E-state index is -4.13. The molecule has 1 heterocycles. The number of aliphatic hydroxyl groups is 1. The van der Waals surface area contributed by atoms with Crippen LogP contribution in [0.3, 0.4) is 0 Å². The number of pyridine rings is 1. The van der Waals surface area contributed by atoms with E-state index in [1.54, 1.807) is 19.2 Å². The molecule has 3 rings (SSSR count). The van der Waals surface area contributed by atoms with Crippen molar-refractivity contribution in [2.24, 2.45) is 11.8 Å².